The van der Waals surface area contributed by atoms with Crippen LogP contribution in [0.5, 0.6) is 5.75 Å². The maximum Gasteiger partial charge on any atom is 0.263 e. The minimum Gasteiger partial charge on any atom is -0.480 e. The second-order valence-electron chi connectivity index (χ2n) is 7.90. The summed E-state index contributed by atoms with van der Waals surface area (Å²) in [6, 6.07) is 5.49. The van der Waals surface area contributed by atoms with Crippen LogP contribution in [0.25, 0.3) is 0 Å². The van der Waals surface area contributed by atoms with Crippen molar-refractivity contribution in [1.29, 1.82) is 0 Å². The van der Waals surface area contributed by atoms with Gasteiger partial charge < -0.3 is 14.5 Å². The minimum absolute atomic E-state index is 0.0305. The highest BCUT2D eigenvalue weighted by atomic mass is 35.5. The number of nitrogens with zero attached hydrogens (tertiary/aromatic N) is 2. The number of piperidine rings is 1. The molecule has 0 spiro atoms. The number of benzene rings is 1. The van der Waals surface area contributed by atoms with Gasteiger partial charge in [-0.2, -0.15) is 0 Å². The van der Waals surface area contributed by atoms with E-state index in [1.165, 1.54) is 12.8 Å². The molecule has 0 aromatic heterocycles. The summed E-state index contributed by atoms with van der Waals surface area (Å²) >= 11 is 6.03. The Morgan fingerprint density at radius 3 is 2.30 bits per heavy atom. The lowest BCUT2D eigenvalue weighted by Crippen LogP contribution is -2.48. The Bertz CT molecular complexity index is 707. The molecule has 0 N–H and O–H groups in total. The highest BCUT2D eigenvalue weighted by Crippen LogP contribution is 2.32. The first-order valence-corrected chi connectivity index (χ1v) is 10.5. The van der Waals surface area contributed by atoms with Crippen molar-refractivity contribution in [3.05, 3.63) is 28.8 Å². The van der Waals surface area contributed by atoms with Crippen LogP contribution in [-0.4, -0.2) is 53.9 Å². The van der Waals surface area contributed by atoms with E-state index in [9.17, 15) is 9.59 Å². The Balaban J connectivity index is 1.30. The van der Waals surface area contributed by atoms with Crippen molar-refractivity contribution in [3.63, 3.8) is 0 Å². The molecule has 3 aliphatic heterocycles. The summed E-state index contributed by atoms with van der Waals surface area (Å²) in [7, 11) is 0. The third kappa shape index (κ3) is 4.08. The topological polar surface area (TPSA) is 49.9 Å². The molecule has 1 aromatic rings. The summed E-state index contributed by atoms with van der Waals surface area (Å²) in [5.41, 5.74) is 0.993. The fourth-order valence-electron chi connectivity index (χ4n) is 4.45. The lowest BCUT2D eigenvalue weighted by molar-refractivity contribution is -0.143. The maximum atomic E-state index is 12.9. The van der Waals surface area contributed by atoms with Gasteiger partial charge in [-0.3, -0.25) is 9.59 Å². The van der Waals surface area contributed by atoms with E-state index >= 15 is 0 Å². The number of ether oxygens (including phenoxy) is 1. The van der Waals surface area contributed by atoms with E-state index in [1.54, 1.807) is 6.07 Å². The molecule has 2 fully saturated rings. The quantitative estimate of drug-likeness (QED) is 0.778. The monoisotopic (exact) mass is 390 g/mol. The van der Waals surface area contributed by atoms with Crippen LogP contribution in [0.3, 0.4) is 0 Å². The molecule has 3 aliphatic rings. The largest absolute Gasteiger partial charge is 0.480 e. The molecule has 0 aliphatic carbocycles. The number of hydrogen-bond acceptors (Lipinski definition) is 3. The standard InChI is InChI=1S/C21H27ClN2O3/c22-17-5-6-18-16(13-17)14-19(27-18)21(26)24-11-7-15(8-12-24)20(25)23-9-3-1-2-4-10-23/h5-6,13,15,19H,1-4,7-12,14H2. The number of hydrogen-bond donors (Lipinski definition) is 0. The molecule has 146 valence electrons. The number of carbonyl (C=O) groups excluding carboxylic acids is 2. The molecule has 2 saturated heterocycles. The average Bonchev–Trinajstić information content (AvgIpc) is 2.92. The van der Waals surface area contributed by atoms with Gasteiger partial charge in [-0.05, 0) is 49.4 Å². The number of likely N-dealkylation sites (tertiary alicyclic amines) is 2. The van der Waals surface area contributed by atoms with Crippen LogP contribution in [0.1, 0.15) is 44.1 Å². The molecular weight excluding hydrogens is 364 g/mol. The van der Waals surface area contributed by atoms with E-state index in [4.69, 9.17) is 16.3 Å². The number of rotatable bonds is 2. The molecule has 1 aromatic carbocycles. The fourth-order valence-corrected chi connectivity index (χ4v) is 4.65. The molecule has 0 bridgehead atoms. The van der Waals surface area contributed by atoms with Crippen molar-refractivity contribution in [3.8, 4) is 5.75 Å². The van der Waals surface area contributed by atoms with E-state index in [1.807, 2.05) is 17.0 Å². The van der Waals surface area contributed by atoms with Crippen LogP contribution in [-0.2, 0) is 16.0 Å². The molecule has 27 heavy (non-hydrogen) atoms. The molecular formula is C21H27ClN2O3. The number of amides is 2. The van der Waals surface area contributed by atoms with Crippen LogP contribution in [0.2, 0.25) is 5.02 Å². The number of carbonyl (C=O) groups is 2. The van der Waals surface area contributed by atoms with Crippen molar-refractivity contribution in [2.75, 3.05) is 26.2 Å². The van der Waals surface area contributed by atoms with E-state index in [0.717, 1.165) is 50.1 Å². The zero-order valence-corrected chi connectivity index (χ0v) is 16.4. The van der Waals surface area contributed by atoms with Gasteiger partial charge in [0, 0.05) is 43.5 Å². The average molecular weight is 391 g/mol. The van der Waals surface area contributed by atoms with Crippen molar-refractivity contribution in [2.24, 2.45) is 5.92 Å². The SMILES string of the molecule is O=C(C1CCN(C(=O)C2Cc3cc(Cl)ccc3O2)CC1)N1CCCCCC1. The Morgan fingerprint density at radius 1 is 0.926 bits per heavy atom. The number of halogens is 1. The van der Waals surface area contributed by atoms with E-state index in [0.29, 0.717) is 30.4 Å². The van der Waals surface area contributed by atoms with E-state index in [2.05, 4.69) is 4.90 Å². The van der Waals surface area contributed by atoms with Crippen molar-refractivity contribution in [2.45, 2.75) is 51.0 Å². The molecule has 0 radical (unpaired) electrons. The van der Waals surface area contributed by atoms with E-state index < -0.39 is 6.10 Å². The Kier molecular flexibility index (Phi) is 5.58. The highest BCUT2D eigenvalue weighted by Gasteiger charge is 2.36. The first kappa shape index (κ1) is 18.6. The lowest BCUT2D eigenvalue weighted by atomic mass is 9.94. The third-order valence-electron chi connectivity index (χ3n) is 6.05. The first-order valence-electron chi connectivity index (χ1n) is 10.1. The molecule has 1 unspecified atom stereocenters. The Morgan fingerprint density at radius 2 is 1.59 bits per heavy atom. The van der Waals surface area contributed by atoms with Gasteiger partial charge in [0.2, 0.25) is 5.91 Å². The van der Waals surface area contributed by atoms with Crippen LogP contribution < -0.4 is 4.74 Å². The van der Waals surface area contributed by atoms with Gasteiger partial charge in [-0.1, -0.05) is 24.4 Å². The van der Waals surface area contributed by atoms with Gasteiger partial charge in [0.15, 0.2) is 6.10 Å². The van der Waals surface area contributed by atoms with Gasteiger partial charge in [0.25, 0.3) is 5.91 Å². The highest BCUT2D eigenvalue weighted by molar-refractivity contribution is 6.30. The minimum atomic E-state index is -0.462. The van der Waals surface area contributed by atoms with Crippen LogP contribution >= 0.6 is 11.6 Å². The molecule has 6 heteroatoms. The summed E-state index contributed by atoms with van der Waals surface area (Å²) < 4.78 is 5.84. The molecule has 4 rings (SSSR count). The van der Waals surface area contributed by atoms with Crippen LogP contribution in [0, 0.1) is 5.92 Å². The normalized spacial score (nSPS) is 23.5. The molecule has 2 amide bonds. The third-order valence-corrected chi connectivity index (χ3v) is 6.28. The summed E-state index contributed by atoms with van der Waals surface area (Å²) in [5.74, 6) is 1.14. The van der Waals surface area contributed by atoms with Gasteiger partial charge in [0.05, 0.1) is 0 Å². The Labute approximate surface area is 165 Å². The first-order chi connectivity index (χ1) is 13.1. The summed E-state index contributed by atoms with van der Waals surface area (Å²) in [5, 5.41) is 0.665. The maximum absolute atomic E-state index is 12.9. The second-order valence-corrected chi connectivity index (χ2v) is 8.34. The summed E-state index contributed by atoms with van der Waals surface area (Å²) in [6.45, 7) is 3.07. The zero-order chi connectivity index (χ0) is 18.8. The van der Waals surface area contributed by atoms with Gasteiger partial charge >= 0.3 is 0 Å². The summed E-state index contributed by atoms with van der Waals surface area (Å²) in [6.07, 6.45) is 6.31. The predicted octanol–water partition coefficient (Wildman–Crippen LogP) is 3.28. The molecule has 3 heterocycles. The smallest absolute Gasteiger partial charge is 0.263 e. The Hall–Kier alpha value is -1.75. The molecule has 0 saturated carbocycles. The molecule has 1 atom stereocenters. The molecule has 5 nitrogen and oxygen atoms in total. The lowest BCUT2D eigenvalue weighted by Gasteiger charge is -2.35. The number of fused-ring (bicyclic) bond motifs is 1. The van der Waals surface area contributed by atoms with E-state index in [-0.39, 0.29) is 11.8 Å². The van der Waals surface area contributed by atoms with Crippen molar-refractivity contribution < 1.29 is 14.3 Å². The van der Waals surface area contributed by atoms with Gasteiger partial charge in [-0.15, -0.1) is 0 Å². The second kappa shape index (κ2) is 8.09. The van der Waals surface area contributed by atoms with Gasteiger partial charge in [0.1, 0.15) is 5.75 Å². The van der Waals surface area contributed by atoms with Crippen molar-refractivity contribution in [1.82, 2.24) is 9.80 Å². The van der Waals surface area contributed by atoms with Crippen LogP contribution in [0.4, 0.5) is 0 Å². The zero-order valence-electron chi connectivity index (χ0n) is 15.7. The predicted molar refractivity (Wildman–Crippen MR) is 104 cm³/mol. The fraction of sp³-hybridized carbons (Fsp3) is 0.619. The van der Waals surface area contributed by atoms with Crippen LogP contribution in [0.15, 0.2) is 18.2 Å². The summed E-state index contributed by atoms with van der Waals surface area (Å²) in [4.78, 5) is 29.6. The van der Waals surface area contributed by atoms with Crippen molar-refractivity contribution >= 4 is 23.4 Å². The van der Waals surface area contributed by atoms with Gasteiger partial charge in [-0.25, -0.2) is 0 Å².